The number of amides is 1. The van der Waals surface area contributed by atoms with Gasteiger partial charge < -0.3 is 9.64 Å². The predicted molar refractivity (Wildman–Crippen MR) is 65.7 cm³/mol. The highest BCUT2D eigenvalue weighted by molar-refractivity contribution is 9.10. The number of carbonyl (C=O) groups excluding carboxylic acids is 1. The van der Waals surface area contributed by atoms with Crippen LogP contribution < -0.4 is 0 Å². The Labute approximate surface area is 112 Å². The van der Waals surface area contributed by atoms with E-state index in [4.69, 9.17) is 4.74 Å². The molecular weight excluding hydrogens is 308 g/mol. The van der Waals surface area contributed by atoms with Gasteiger partial charge in [-0.15, -0.1) is 0 Å². The maximum atomic E-state index is 12.7. The molecule has 0 spiro atoms. The van der Waals surface area contributed by atoms with Gasteiger partial charge in [0.25, 0.3) is 11.8 Å². The largest absolute Gasteiger partial charge is 0.380 e. The van der Waals surface area contributed by atoms with Crippen molar-refractivity contribution >= 4 is 21.8 Å². The molecular formula is C12H12BrF2NO2. The van der Waals surface area contributed by atoms with Crippen LogP contribution in [-0.2, 0) is 11.3 Å². The Balaban J connectivity index is 2.14. The lowest BCUT2D eigenvalue weighted by molar-refractivity contribution is -0.113. The summed E-state index contributed by atoms with van der Waals surface area (Å²) in [5.74, 6) is -3.11. The Hall–Kier alpha value is -1.01. The highest BCUT2D eigenvalue weighted by Crippen LogP contribution is 2.29. The monoisotopic (exact) mass is 319 g/mol. The van der Waals surface area contributed by atoms with Gasteiger partial charge in [0.15, 0.2) is 0 Å². The Morgan fingerprint density at radius 2 is 2.17 bits per heavy atom. The second-order valence-electron chi connectivity index (χ2n) is 4.26. The van der Waals surface area contributed by atoms with Crippen LogP contribution in [0.25, 0.3) is 0 Å². The SMILES string of the molecule is COCc1cc(C(=O)N2CC(F)(F)C2)ccc1Br. The minimum Gasteiger partial charge on any atom is -0.380 e. The minimum atomic E-state index is -2.74. The van der Waals surface area contributed by atoms with Crippen molar-refractivity contribution in [2.24, 2.45) is 0 Å². The molecule has 0 unspecified atom stereocenters. The van der Waals surface area contributed by atoms with E-state index >= 15 is 0 Å². The van der Waals surface area contributed by atoms with Crippen LogP contribution >= 0.6 is 15.9 Å². The maximum Gasteiger partial charge on any atom is 0.282 e. The molecule has 1 saturated heterocycles. The zero-order chi connectivity index (χ0) is 13.3. The predicted octanol–water partition coefficient (Wildman–Crippen LogP) is 2.69. The maximum absolute atomic E-state index is 12.7. The summed E-state index contributed by atoms with van der Waals surface area (Å²) in [7, 11) is 1.55. The fourth-order valence-corrected chi connectivity index (χ4v) is 2.17. The number of alkyl halides is 2. The van der Waals surface area contributed by atoms with E-state index in [1.54, 1.807) is 25.3 Å². The number of halogens is 3. The van der Waals surface area contributed by atoms with Crippen molar-refractivity contribution < 1.29 is 18.3 Å². The van der Waals surface area contributed by atoms with Crippen molar-refractivity contribution in [2.75, 3.05) is 20.2 Å². The van der Waals surface area contributed by atoms with Crippen molar-refractivity contribution in [3.05, 3.63) is 33.8 Å². The number of nitrogens with zero attached hydrogens (tertiary/aromatic N) is 1. The summed E-state index contributed by atoms with van der Waals surface area (Å²) in [6, 6.07) is 4.99. The van der Waals surface area contributed by atoms with Crippen molar-refractivity contribution in [2.45, 2.75) is 12.5 Å². The standard InChI is InChI=1S/C12H12BrF2NO2/c1-18-5-9-4-8(2-3-10(9)13)11(17)16-6-12(14,15)7-16/h2-4H,5-7H2,1H3. The van der Waals surface area contributed by atoms with Gasteiger partial charge in [-0.1, -0.05) is 15.9 Å². The summed E-state index contributed by atoms with van der Waals surface area (Å²) in [5, 5.41) is 0. The lowest BCUT2D eigenvalue weighted by atomic mass is 10.1. The molecule has 3 nitrogen and oxygen atoms in total. The van der Waals surface area contributed by atoms with Gasteiger partial charge in [0.2, 0.25) is 0 Å². The molecule has 0 aromatic heterocycles. The van der Waals surface area contributed by atoms with Gasteiger partial charge in [0, 0.05) is 17.1 Å². The van der Waals surface area contributed by atoms with Crippen LogP contribution in [0.3, 0.4) is 0 Å². The van der Waals surface area contributed by atoms with Crippen LogP contribution in [-0.4, -0.2) is 36.9 Å². The third-order valence-electron chi connectivity index (χ3n) is 2.72. The third kappa shape index (κ3) is 2.70. The van der Waals surface area contributed by atoms with Gasteiger partial charge in [0.05, 0.1) is 19.7 Å². The van der Waals surface area contributed by atoms with Gasteiger partial charge in [0.1, 0.15) is 0 Å². The molecule has 1 aliphatic heterocycles. The topological polar surface area (TPSA) is 29.5 Å². The first-order valence-corrected chi connectivity index (χ1v) is 6.17. The summed E-state index contributed by atoms with van der Waals surface area (Å²) in [6.07, 6.45) is 0. The minimum absolute atomic E-state index is 0.359. The van der Waals surface area contributed by atoms with Crippen LogP contribution in [0, 0.1) is 0 Å². The molecule has 2 rings (SSSR count). The Bertz CT molecular complexity index is 471. The number of rotatable bonds is 3. The van der Waals surface area contributed by atoms with E-state index in [9.17, 15) is 13.6 Å². The van der Waals surface area contributed by atoms with Crippen molar-refractivity contribution in [3.8, 4) is 0 Å². The number of hydrogen-bond acceptors (Lipinski definition) is 2. The van der Waals surface area contributed by atoms with Crippen LogP contribution in [0.2, 0.25) is 0 Å². The molecule has 1 fully saturated rings. The molecule has 98 valence electrons. The van der Waals surface area contributed by atoms with E-state index in [-0.39, 0.29) is 5.91 Å². The van der Waals surface area contributed by atoms with E-state index in [0.29, 0.717) is 12.2 Å². The first-order valence-electron chi connectivity index (χ1n) is 5.37. The first kappa shape index (κ1) is 13.4. The van der Waals surface area contributed by atoms with Gasteiger partial charge in [-0.05, 0) is 23.8 Å². The second-order valence-corrected chi connectivity index (χ2v) is 5.11. The number of ether oxygens (including phenoxy) is 1. The quantitative estimate of drug-likeness (QED) is 0.857. The van der Waals surface area contributed by atoms with E-state index in [0.717, 1.165) is 14.9 Å². The zero-order valence-corrected chi connectivity index (χ0v) is 11.3. The molecule has 0 N–H and O–H groups in total. The lowest BCUT2D eigenvalue weighted by Gasteiger charge is -2.38. The number of carbonyl (C=O) groups is 1. The molecule has 6 heteroatoms. The van der Waals surface area contributed by atoms with Crippen LogP contribution in [0.15, 0.2) is 22.7 Å². The lowest BCUT2D eigenvalue weighted by Crippen LogP contribution is -2.58. The van der Waals surface area contributed by atoms with Gasteiger partial charge >= 0.3 is 0 Å². The van der Waals surface area contributed by atoms with Crippen LogP contribution in [0.1, 0.15) is 15.9 Å². The summed E-state index contributed by atoms with van der Waals surface area (Å²) < 4.78 is 31.2. The molecule has 0 aliphatic carbocycles. The number of hydrogen-bond donors (Lipinski definition) is 0. The van der Waals surface area contributed by atoms with E-state index < -0.39 is 19.0 Å². The molecule has 1 amide bonds. The van der Waals surface area contributed by atoms with E-state index in [1.165, 1.54) is 0 Å². The highest BCUT2D eigenvalue weighted by Gasteiger charge is 2.46. The fourth-order valence-electron chi connectivity index (χ4n) is 1.81. The first-order chi connectivity index (χ1) is 8.43. The Kier molecular flexibility index (Phi) is 3.68. The molecule has 0 radical (unpaired) electrons. The van der Waals surface area contributed by atoms with Crippen molar-refractivity contribution in [1.29, 1.82) is 0 Å². The smallest absolute Gasteiger partial charge is 0.282 e. The molecule has 1 heterocycles. The van der Waals surface area contributed by atoms with E-state index in [2.05, 4.69) is 15.9 Å². The number of benzene rings is 1. The Morgan fingerprint density at radius 1 is 1.50 bits per heavy atom. The second kappa shape index (κ2) is 4.93. The van der Waals surface area contributed by atoms with Gasteiger partial charge in [-0.2, -0.15) is 0 Å². The molecule has 18 heavy (non-hydrogen) atoms. The van der Waals surface area contributed by atoms with E-state index in [1.807, 2.05) is 0 Å². The molecule has 0 atom stereocenters. The van der Waals surface area contributed by atoms with Crippen molar-refractivity contribution in [1.82, 2.24) is 4.90 Å². The molecule has 1 aromatic carbocycles. The number of likely N-dealkylation sites (tertiary alicyclic amines) is 1. The fraction of sp³-hybridized carbons (Fsp3) is 0.417. The Morgan fingerprint density at radius 3 is 2.72 bits per heavy atom. The molecule has 0 saturated carbocycles. The van der Waals surface area contributed by atoms with Crippen LogP contribution in [0.5, 0.6) is 0 Å². The summed E-state index contributed by atoms with van der Waals surface area (Å²) in [5.41, 5.74) is 1.22. The number of methoxy groups -OCH3 is 1. The summed E-state index contributed by atoms with van der Waals surface area (Å²) >= 11 is 3.34. The summed E-state index contributed by atoms with van der Waals surface area (Å²) in [4.78, 5) is 13.1. The van der Waals surface area contributed by atoms with Gasteiger partial charge in [-0.3, -0.25) is 4.79 Å². The zero-order valence-electron chi connectivity index (χ0n) is 9.75. The average molecular weight is 320 g/mol. The van der Waals surface area contributed by atoms with Crippen molar-refractivity contribution in [3.63, 3.8) is 0 Å². The van der Waals surface area contributed by atoms with Crippen LogP contribution in [0.4, 0.5) is 8.78 Å². The highest BCUT2D eigenvalue weighted by atomic mass is 79.9. The normalized spacial score (nSPS) is 17.4. The summed E-state index contributed by atoms with van der Waals surface area (Å²) in [6.45, 7) is -0.638. The molecule has 0 bridgehead atoms. The molecule has 1 aliphatic rings. The third-order valence-corrected chi connectivity index (χ3v) is 3.50. The van der Waals surface area contributed by atoms with Gasteiger partial charge in [-0.25, -0.2) is 8.78 Å². The average Bonchev–Trinajstić information content (AvgIpc) is 2.28. The molecule has 1 aromatic rings.